The summed E-state index contributed by atoms with van der Waals surface area (Å²) < 4.78 is 10.6. The first kappa shape index (κ1) is 13.9. The molecule has 0 amide bonds. The van der Waals surface area contributed by atoms with Gasteiger partial charge in [-0.05, 0) is 0 Å². The average molecular weight is 203 g/mol. The van der Waals surface area contributed by atoms with E-state index < -0.39 is 0 Å². The van der Waals surface area contributed by atoms with Crippen LogP contribution in [0, 0.1) is 0 Å². The van der Waals surface area contributed by atoms with E-state index >= 15 is 0 Å². The van der Waals surface area contributed by atoms with Gasteiger partial charge in [0.15, 0.2) is 0 Å². The van der Waals surface area contributed by atoms with E-state index in [0.29, 0.717) is 12.6 Å². The third-order valence-corrected chi connectivity index (χ3v) is 1.79. The van der Waals surface area contributed by atoms with Crippen molar-refractivity contribution in [2.75, 3.05) is 26.9 Å². The highest BCUT2D eigenvalue weighted by Crippen LogP contribution is 1.96. The molecule has 14 heavy (non-hydrogen) atoms. The van der Waals surface area contributed by atoms with E-state index in [-0.39, 0.29) is 18.7 Å². The van der Waals surface area contributed by atoms with Crippen LogP contribution in [0.1, 0.15) is 13.8 Å². The van der Waals surface area contributed by atoms with E-state index in [0.717, 1.165) is 6.54 Å². The van der Waals surface area contributed by atoms with Crippen LogP contribution in [-0.4, -0.2) is 58.0 Å². The first-order valence-electron chi connectivity index (χ1n) is 5.08. The number of nitrogens with one attached hydrogen (secondary N) is 1. The van der Waals surface area contributed by atoms with Crippen LogP contribution in [0.2, 0.25) is 0 Å². The molecule has 0 heterocycles. The van der Waals surface area contributed by atoms with Gasteiger partial charge in [-0.2, -0.15) is 0 Å². The number of ether oxygens (including phenoxy) is 2. The van der Waals surface area contributed by atoms with Crippen molar-refractivity contribution < 1.29 is 14.6 Å². The van der Waals surface area contributed by atoms with Crippen LogP contribution in [0.15, 0.2) is 0 Å². The molecule has 5 heteroatoms. The van der Waals surface area contributed by atoms with Gasteiger partial charge in [0.25, 0.3) is 0 Å². The Balaban J connectivity index is 3.76. The number of hydrogen-bond acceptors (Lipinski definition) is 4. The van der Waals surface area contributed by atoms with Crippen molar-refractivity contribution in [3.8, 4) is 0 Å². The molecule has 2 N–H and O–H groups in total. The lowest BCUT2D eigenvalue weighted by atomic mass is 10.0. The van der Waals surface area contributed by atoms with Gasteiger partial charge in [0.05, 0.1) is 19.3 Å². The number of aliphatic hydroxyl groups excluding tert-OH is 1. The second-order valence-electron chi connectivity index (χ2n) is 3.77. The quantitative estimate of drug-likeness (QED) is 0.495. The summed E-state index contributed by atoms with van der Waals surface area (Å²) in [4.78, 5) is 0. The molecule has 0 unspecified atom stereocenters. The monoisotopic (exact) mass is 203 g/mol. The third-order valence-electron chi connectivity index (χ3n) is 1.79. The molecule has 0 spiro atoms. The molecule has 0 bridgehead atoms. The maximum Gasteiger partial charge on any atom is 0.142 e. The number of aliphatic hydroxyl groups is 1. The van der Waals surface area contributed by atoms with Crippen molar-refractivity contribution in [1.29, 1.82) is 0 Å². The first-order chi connectivity index (χ1) is 6.60. The van der Waals surface area contributed by atoms with Crippen molar-refractivity contribution in [3.05, 3.63) is 0 Å². The van der Waals surface area contributed by atoms with Crippen LogP contribution >= 0.6 is 0 Å². The highest BCUT2D eigenvalue weighted by Gasteiger charge is 2.12. The second kappa shape index (κ2) is 8.23. The molecule has 0 radical (unpaired) electrons. The minimum Gasteiger partial charge on any atom is -0.394 e. The Morgan fingerprint density at radius 2 is 2.07 bits per heavy atom. The fourth-order valence-electron chi connectivity index (χ4n) is 1.07. The van der Waals surface area contributed by atoms with Crippen LogP contribution in [0.4, 0.5) is 0 Å². The molecule has 0 fully saturated rings. The Morgan fingerprint density at radius 3 is 2.50 bits per heavy atom. The summed E-state index contributed by atoms with van der Waals surface area (Å²) in [6.07, 6.45) is 0.00421. The summed E-state index contributed by atoms with van der Waals surface area (Å²) in [6.45, 7) is 5.50. The van der Waals surface area contributed by atoms with Gasteiger partial charge < -0.3 is 19.9 Å². The molecule has 0 aliphatic heterocycles. The fourth-order valence-corrected chi connectivity index (χ4v) is 1.07. The normalized spacial score (nSPS) is 15.8. The topological polar surface area (TPSA) is 50.7 Å². The van der Waals surface area contributed by atoms with Gasteiger partial charge in [0.1, 0.15) is 7.85 Å². The predicted octanol–water partition coefficient (Wildman–Crippen LogP) is -1.03. The highest BCUT2D eigenvalue weighted by molar-refractivity contribution is 6.11. The number of hydrogen-bond donors (Lipinski definition) is 2. The maximum absolute atomic E-state index is 8.84. The minimum atomic E-state index is -0.135. The van der Waals surface area contributed by atoms with Crippen LogP contribution in [0.5, 0.6) is 0 Å². The van der Waals surface area contributed by atoms with Crippen molar-refractivity contribution in [1.82, 2.24) is 5.32 Å². The molecule has 0 aliphatic carbocycles. The van der Waals surface area contributed by atoms with Gasteiger partial charge in [-0.25, -0.2) is 0 Å². The third kappa shape index (κ3) is 7.32. The van der Waals surface area contributed by atoms with E-state index in [2.05, 4.69) is 19.2 Å². The van der Waals surface area contributed by atoms with Crippen LogP contribution in [0.25, 0.3) is 0 Å². The molecular weight excluding hydrogens is 181 g/mol. The molecule has 4 nitrogen and oxygen atoms in total. The molecule has 0 saturated heterocycles. The Hall–Kier alpha value is -0.0951. The largest absolute Gasteiger partial charge is 0.394 e. The second-order valence-corrected chi connectivity index (χ2v) is 3.77. The fraction of sp³-hybridized carbons (Fsp3) is 1.00. The number of rotatable bonds is 8. The van der Waals surface area contributed by atoms with E-state index in [9.17, 15) is 0 Å². The summed E-state index contributed by atoms with van der Waals surface area (Å²) in [5.41, 5.74) is 0. The zero-order valence-corrected chi connectivity index (χ0v) is 9.62. The van der Waals surface area contributed by atoms with Crippen LogP contribution in [-0.2, 0) is 9.47 Å². The Kier molecular flexibility index (Phi) is 8.18. The van der Waals surface area contributed by atoms with Gasteiger partial charge in [-0.3, -0.25) is 0 Å². The van der Waals surface area contributed by atoms with Gasteiger partial charge in [0.2, 0.25) is 0 Å². The molecule has 0 rings (SSSR count). The zero-order valence-electron chi connectivity index (χ0n) is 9.62. The standard InChI is InChI=1S/C9H22BNO3/c1-7(2)11-4-8(6-13-3)14-9(10)5-12/h7-9,11-12H,4-6,10H2,1-3H3/t8-,9-/m1/s1. The first-order valence-corrected chi connectivity index (χ1v) is 5.08. The molecular formula is C9H22BNO3. The van der Waals surface area contributed by atoms with Crippen molar-refractivity contribution in [3.63, 3.8) is 0 Å². The van der Waals surface area contributed by atoms with E-state index in [1.807, 2.05) is 7.85 Å². The minimum absolute atomic E-state index is 0.00421. The lowest BCUT2D eigenvalue weighted by molar-refractivity contribution is -0.0334. The summed E-state index contributed by atoms with van der Waals surface area (Å²) in [5, 5.41) is 12.1. The van der Waals surface area contributed by atoms with Gasteiger partial charge >= 0.3 is 0 Å². The summed E-state index contributed by atoms with van der Waals surface area (Å²) in [5.74, 6) is 0. The lowest BCUT2D eigenvalue weighted by Crippen LogP contribution is -2.39. The van der Waals surface area contributed by atoms with E-state index in [1.54, 1.807) is 7.11 Å². The van der Waals surface area contributed by atoms with E-state index in [4.69, 9.17) is 14.6 Å². The molecule has 0 aromatic heterocycles. The van der Waals surface area contributed by atoms with Gasteiger partial charge in [0, 0.05) is 25.7 Å². The van der Waals surface area contributed by atoms with Crippen molar-refractivity contribution in [2.45, 2.75) is 32.0 Å². The lowest BCUT2D eigenvalue weighted by Gasteiger charge is -2.22. The Labute approximate surface area is 87.4 Å². The van der Waals surface area contributed by atoms with Gasteiger partial charge in [-0.15, -0.1) is 0 Å². The maximum atomic E-state index is 8.84. The van der Waals surface area contributed by atoms with E-state index in [1.165, 1.54) is 0 Å². The number of methoxy groups -OCH3 is 1. The summed E-state index contributed by atoms with van der Waals surface area (Å²) in [7, 11) is 3.49. The predicted molar refractivity (Wildman–Crippen MR) is 59.3 cm³/mol. The molecule has 0 aromatic carbocycles. The van der Waals surface area contributed by atoms with Crippen LogP contribution in [0.3, 0.4) is 0 Å². The molecule has 0 aromatic rings. The van der Waals surface area contributed by atoms with Crippen LogP contribution < -0.4 is 5.32 Å². The van der Waals surface area contributed by atoms with Gasteiger partial charge in [-0.1, -0.05) is 13.8 Å². The average Bonchev–Trinajstić information content (AvgIpc) is 2.14. The summed E-state index contributed by atoms with van der Waals surface area (Å²) in [6, 6.07) is 0.298. The summed E-state index contributed by atoms with van der Waals surface area (Å²) >= 11 is 0. The Morgan fingerprint density at radius 1 is 1.43 bits per heavy atom. The zero-order chi connectivity index (χ0) is 11.0. The SMILES string of the molecule is B[C@@H](CO)O[C@H](CNC(C)C)COC. The molecule has 0 saturated carbocycles. The smallest absolute Gasteiger partial charge is 0.142 e. The van der Waals surface area contributed by atoms with Crippen molar-refractivity contribution in [2.24, 2.45) is 0 Å². The Bertz CT molecular complexity index is 135. The highest BCUT2D eigenvalue weighted by atomic mass is 16.5. The molecule has 0 aliphatic rings. The molecule has 84 valence electrons. The van der Waals surface area contributed by atoms with Crippen molar-refractivity contribution >= 4 is 7.85 Å². The molecule has 2 atom stereocenters.